The van der Waals surface area contributed by atoms with Crippen LogP contribution in [0.2, 0.25) is 0 Å². The van der Waals surface area contributed by atoms with E-state index in [4.69, 9.17) is 9.84 Å². The maximum absolute atomic E-state index is 11.2. The number of benzene rings is 1. The Kier molecular flexibility index (Phi) is 4.67. The number of ether oxygens (including phenoxy) is 1. The summed E-state index contributed by atoms with van der Waals surface area (Å²) in [5.41, 5.74) is -0.536. The second-order valence-corrected chi connectivity index (χ2v) is 5.02. The van der Waals surface area contributed by atoms with Crippen LogP contribution in [0.15, 0.2) is 18.2 Å². The van der Waals surface area contributed by atoms with Crippen molar-refractivity contribution in [1.29, 1.82) is 0 Å². The van der Waals surface area contributed by atoms with Gasteiger partial charge in [-0.05, 0) is 32.5 Å². The number of carbonyl (C=O) groups is 1. The molecule has 110 valence electrons. The highest BCUT2D eigenvalue weighted by Crippen LogP contribution is 2.25. The van der Waals surface area contributed by atoms with Gasteiger partial charge in [-0.1, -0.05) is 0 Å². The number of nitro benzene ring substituents is 1. The quantitative estimate of drug-likeness (QED) is 0.632. The van der Waals surface area contributed by atoms with Crippen LogP contribution >= 0.6 is 0 Å². The lowest BCUT2D eigenvalue weighted by Gasteiger charge is -2.31. The van der Waals surface area contributed by atoms with Gasteiger partial charge in [-0.3, -0.25) is 19.8 Å². The molecule has 0 aliphatic heterocycles. The van der Waals surface area contributed by atoms with Gasteiger partial charge in [-0.25, -0.2) is 0 Å². The lowest BCUT2D eigenvalue weighted by Crippen LogP contribution is -2.47. The Morgan fingerprint density at radius 3 is 2.50 bits per heavy atom. The van der Waals surface area contributed by atoms with Crippen LogP contribution in [-0.2, 0) is 11.3 Å². The molecule has 0 amide bonds. The molecular weight excluding hydrogens is 264 g/mol. The molecule has 0 spiro atoms. The number of non-ortho nitro benzene ring substituents is 1. The molecule has 7 nitrogen and oxygen atoms in total. The van der Waals surface area contributed by atoms with Crippen LogP contribution in [0.1, 0.15) is 19.4 Å². The van der Waals surface area contributed by atoms with E-state index in [9.17, 15) is 14.9 Å². The van der Waals surface area contributed by atoms with Crippen molar-refractivity contribution in [1.82, 2.24) is 4.90 Å². The molecule has 0 fully saturated rings. The summed E-state index contributed by atoms with van der Waals surface area (Å²) in [5, 5.41) is 20.0. The number of hydrogen-bond donors (Lipinski definition) is 1. The maximum Gasteiger partial charge on any atom is 0.323 e. The molecule has 0 bridgehead atoms. The number of nitrogens with zero attached hydrogens (tertiary/aromatic N) is 2. The topological polar surface area (TPSA) is 92.9 Å². The van der Waals surface area contributed by atoms with Crippen LogP contribution < -0.4 is 4.74 Å². The number of hydrogen-bond acceptors (Lipinski definition) is 5. The van der Waals surface area contributed by atoms with Crippen LogP contribution in [0.4, 0.5) is 5.69 Å². The lowest BCUT2D eigenvalue weighted by molar-refractivity contribution is -0.385. The van der Waals surface area contributed by atoms with E-state index >= 15 is 0 Å². The zero-order valence-corrected chi connectivity index (χ0v) is 11.9. The Labute approximate surface area is 116 Å². The molecule has 0 aliphatic carbocycles. The number of nitro groups is 1. The third-order valence-corrected chi connectivity index (χ3v) is 3.30. The lowest BCUT2D eigenvalue weighted by atomic mass is 10.0. The molecule has 0 radical (unpaired) electrons. The van der Waals surface area contributed by atoms with E-state index < -0.39 is 16.4 Å². The third-order valence-electron chi connectivity index (χ3n) is 3.30. The van der Waals surface area contributed by atoms with Crippen LogP contribution in [-0.4, -0.2) is 40.6 Å². The number of methoxy groups -OCH3 is 1. The van der Waals surface area contributed by atoms with E-state index in [0.29, 0.717) is 11.3 Å². The summed E-state index contributed by atoms with van der Waals surface area (Å²) >= 11 is 0. The zero-order chi connectivity index (χ0) is 15.5. The molecule has 1 aromatic rings. The number of rotatable bonds is 6. The molecule has 0 saturated heterocycles. The number of aliphatic carboxylic acids is 1. The normalized spacial score (nSPS) is 11.4. The number of carboxylic acid groups (broad SMARTS) is 1. The summed E-state index contributed by atoms with van der Waals surface area (Å²) < 4.78 is 5.02. The van der Waals surface area contributed by atoms with Crippen LogP contribution in [0, 0.1) is 10.1 Å². The minimum Gasteiger partial charge on any atom is -0.496 e. The van der Waals surface area contributed by atoms with E-state index in [2.05, 4.69) is 0 Å². The van der Waals surface area contributed by atoms with Gasteiger partial charge in [-0.2, -0.15) is 0 Å². The highest BCUT2D eigenvalue weighted by Gasteiger charge is 2.32. The molecule has 0 aliphatic rings. The Balaban J connectivity index is 3.06. The summed E-state index contributed by atoms with van der Waals surface area (Å²) in [6, 6.07) is 4.39. The second-order valence-electron chi connectivity index (χ2n) is 5.02. The van der Waals surface area contributed by atoms with Crippen molar-refractivity contribution >= 4 is 11.7 Å². The molecule has 1 rings (SSSR count). The standard InChI is InChI=1S/C13H18N2O5/c1-13(2,12(16)17)14(3)8-9-5-10(15(18)19)7-11(6-9)20-4/h5-7H,8H2,1-4H3,(H,16,17). The summed E-state index contributed by atoms with van der Waals surface area (Å²) in [6.07, 6.45) is 0. The maximum atomic E-state index is 11.2. The summed E-state index contributed by atoms with van der Waals surface area (Å²) in [7, 11) is 3.08. The predicted octanol–water partition coefficient (Wildman–Crippen LogP) is 1.90. The number of carboxylic acids is 1. The van der Waals surface area contributed by atoms with Gasteiger partial charge >= 0.3 is 5.97 Å². The molecule has 1 aromatic carbocycles. The zero-order valence-electron chi connectivity index (χ0n) is 11.9. The monoisotopic (exact) mass is 282 g/mol. The fourth-order valence-corrected chi connectivity index (χ4v) is 1.59. The summed E-state index contributed by atoms with van der Waals surface area (Å²) in [5.74, 6) is -0.590. The molecule has 0 saturated carbocycles. The van der Waals surface area contributed by atoms with Gasteiger partial charge < -0.3 is 9.84 Å². The molecular formula is C13H18N2O5. The molecule has 0 unspecified atom stereocenters. The fourth-order valence-electron chi connectivity index (χ4n) is 1.59. The average molecular weight is 282 g/mol. The first-order chi connectivity index (χ1) is 9.18. The molecule has 7 heteroatoms. The van der Waals surface area contributed by atoms with Crippen molar-refractivity contribution in [2.45, 2.75) is 25.9 Å². The van der Waals surface area contributed by atoms with Crippen molar-refractivity contribution in [2.75, 3.05) is 14.2 Å². The fraction of sp³-hybridized carbons (Fsp3) is 0.462. The van der Waals surface area contributed by atoms with Crippen molar-refractivity contribution in [3.8, 4) is 5.75 Å². The summed E-state index contributed by atoms with van der Waals surface area (Å²) in [4.78, 5) is 23.1. The Morgan fingerprint density at radius 2 is 2.05 bits per heavy atom. The second kappa shape index (κ2) is 5.87. The van der Waals surface area contributed by atoms with Crippen LogP contribution in [0.5, 0.6) is 5.75 Å². The van der Waals surface area contributed by atoms with Gasteiger partial charge in [0, 0.05) is 12.6 Å². The van der Waals surface area contributed by atoms with Crippen LogP contribution in [0.3, 0.4) is 0 Å². The first-order valence-electron chi connectivity index (χ1n) is 5.95. The van der Waals surface area contributed by atoms with Gasteiger partial charge in [0.25, 0.3) is 5.69 Å². The highest BCUT2D eigenvalue weighted by molar-refractivity contribution is 5.77. The minimum atomic E-state index is -1.07. The molecule has 1 N–H and O–H groups in total. The molecule has 0 atom stereocenters. The van der Waals surface area contributed by atoms with Crippen molar-refractivity contribution < 1.29 is 19.6 Å². The molecule has 0 heterocycles. The van der Waals surface area contributed by atoms with Crippen LogP contribution in [0.25, 0.3) is 0 Å². The van der Waals surface area contributed by atoms with Gasteiger partial charge in [0.1, 0.15) is 11.3 Å². The van der Waals surface area contributed by atoms with Crippen molar-refractivity contribution in [3.05, 3.63) is 33.9 Å². The average Bonchev–Trinajstić information content (AvgIpc) is 2.37. The van der Waals surface area contributed by atoms with E-state index in [1.165, 1.54) is 19.2 Å². The predicted molar refractivity (Wildman–Crippen MR) is 72.8 cm³/mol. The van der Waals surface area contributed by atoms with E-state index in [1.54, 1.807) is 31.9 Å². The minimum absolute atomic E-state index is 0.0825. The van der Waals surface area contributed by atoms with Crippen molar-refractivity contribution in [2.24, 2.45) is 0 Å². The van der Waals surface area contributed by atoms with Gasteiger partial charge in [0.2, 0.25) is 0 Å². The molecule has 20 heavy (non-hydrogen) atoms. The van der Waals surface area contributed by atoms with E-state index in [1.807, 2.05) is 0 Å². The third kappa shape index (κ3) is 3.45. The first-order valence-corrected chi connectivity index (χ1v) is 5.95. The summed E-state index contributed by atoms with van der Waals surface area (Å²) in [6.45, 7) is 3.41. The van der Waals surface area contributed by atoms with E-state index in [0.717, 1.165) is 0 Å². The van der Waals surface area contributed by atoms with E-state index in [-0.39, 0.29) is 12.2 Å². The Bertz CT molecular complexity index is 527. The van der Waals surface area contributed by atoms with Crippen molar-refractivity contribution in [3.63, 3.8) is 0 Å². The van der Waals surface area contributed by atoms with Gasteiger partial charge in [0.15, 0.2) is 0 Å². The first kappa shape index (κ1) is 15.9. The molecule has 0 aromatic heterocycles. The van der Waals surface area contributed by atoms with Gasteiger partial charge in [-0.15, -0.1) is 0 Å². The Morgan fingerprint density at radius 1 is 1.45 bits per heavy atom. The van der Waals surface area contributed by atoms with Gasteiger partial charge in [0.05, 0.1) is 18.1 Å². The largest absolute Gasteiger partial charge is 0.496 e. The Hall–Kier alpha value is -2.15. The smallest absolute Gasteiger partial charge is 0.323 e. The number of likely N-dealkylation sites (N-methyl/N-ethyl adjacent to an activating group) is 1. The highest BCUT2D eigenvalue weighted by atomic mass is 16.6. The SMILES string of the molecule is COc1cc(CN(C)C(C)(C)C(=O)O)cc([N+](=O)[O-])c1.